The number of unbranched alkanes of at least 4 members (excludes halogenated alkanes) is 1. The number of hydrogen-bond donors (Lipinski definition) is 5. The first-order valence-corrected chi connectivity index (χ1v) is 26.4. The summed E-state index contributed by atoms with van der Waals surface area (Å²) in [6.07, 6.45) is 1.69. The number of carbonyl (C=O) groups is 9. The molecule has 11 atom stereocenters. The molecule has 0 aromatic heterocycles. The van der Waals surface area contributed by atoms with E-state index in [1.807, 2.05) is 62.3 Å². The van der Waals surface area contributed by atoms with Gasteiger partial charge in [0, 0.05) is 35.2 Å². The molecule has 0 aromatic rings. The first kappa shape index (κ1) is 68.2. The second-order valence-corrected chi connectivity index (χ2v) is 22.1. The first-order chi connectivity index (χ1) is 33.7. The number of nitrogens with zero attached hydrogens (tertiary/aromatic N) is 5. The van der Waals surface area contributed by atoms with E-state index in [2.05, 4.69) is 16.0 Å². The van der Waals surface area contributed by atoms with Gasteiger partial charge in [0.25, 0.3) is 0 Å². The van der Waals surface area contributed by atoms with Crippen LogP contribution in [0.1, 0.15) is 149 Å². The van der Waals surface area contributed by atoms with E-state index < -0.39 is 126 Å². The maximum Gasteiger partial charge on any atom is 0.328 e. The molecule has 0 rings (SSSR count). The van der Waals surface area contributed by atoms with Gasteiger partial charge in [-0.1, -0.05) is 103 Å². The Kier molecular flexibility index (Phi) is 29.7. The molecule has 0 aromatic carbocycles. The van der Waals surface area contributed by atoms with Crippen molar-refractivity contribution in [3.63, 3.8) is 0 Å². The average Bonchev–Trinajstić information content (AvgIpc) is 3.32. The minimum atomic E-state index is -1.45. The molecular formula is C53H99N9O11. The molecule has 0 heterocycles. The first-order valence-electron chi connectivity index (χ1n) is 26.4. The third kappa shape index (κ3) is 20.1. The van der Waals surface area contributed by atoms with Crippen molar-refractivity contribution in [1.82, 2.24) is 40.4 Å². The fourth-order valence-corrected chi connectivity index (χ4v) is 8.84. The summed E-state index contributed by atoms with van der Waals surface area (Å²) in [5, 5.41) is 19.7. The van der Waals surface area contributed by atoms with Gasteiger partial charge in [-0.3, -0.25) is 38.4 Å². The van der Waals surface area contributed by atoms with Gasteiger partial charge in [-0.15, -0.1) is 0 Å². The van der Waals surface area contributed by atoms with Gasteiger partial charge in [0.15, 0.2) is 0 Å². The molecule has 0 saturated carbocycles. The molecule has 20 heteroatoms. The monoisotopic (exact) mass is 1040 g/mol. The molecule has 422 valence electrons. The number of hydrogen-bond acceptors (Lipinski definition) is 12. The van der Waals surface area contributed by atoms with Gasteiger partial charge >= 0.3 is 5.97 Å². The summed E-state index contributed by atoms with van der Waals surface area (Å²) >= 11 is 0. The van der Waals surface area contributed by atoms with E-state index >= 15 is 0 Å². The lowest BCUT2D eigenvalue weighted by Crippen LogP contribution is -2.63. The Morgan fingerprint density at radius 3 is 1.36 bits per heavy atom. The predicted molar refractivity (Wildman–Crippen MR) is 283 cm³/mol. The summed E-state index contributed by atoms with van der Waals surface area (Å²) in [4.78, 5) is 132. The van der Waals surface area contributed by atoms with Crippen molar-refractivity contribution < 1.29 is 53.0 Å². The molecule has 6 N–H and O–H groups in total. The van der Waals surface area contributed by atoms with Crippen LogP contribution in [0.15, 0.2) is 0 Å². The number of ether oxygens (including phenoxy) is 1. The largest absolute Gasteiger partial charge is 0.467 e. The number of esters is 1. The van der Waals surface area contributed by atoms with Crippen molar-refractivity contribution >= 4 is 53.2 Å². The molecule has 0 spiro atoms. The molecule has 0 aliphatic carbocycles. The lowest BCUT2D eigenvalue weighted by Gasteiger charge is -2.41. The highest BCUT2D eigenvalue weighted by Gasteiger charge is 2.45. The highest BCUT2D eigenvalue weighted by molar-refractivity contribution is 5.98. The van der Waals surface area contributed by atoms with Gasteiger partial charge in [0.2, 0.25) is 47.3 Å². The summed E-state index contributed by atoms with van der Waals surface area (Å²) in [5.41, 5.74) is 6.13. The minimum Gasteiger partial charge on any atom is -0.467 e. The van der Waals surface area contributed by atoms with E-state index in [1.165, 1.54) is 75.8 Å². The molecular weight excluding hydrogens is 939 g/mol. The molecule has 0 radical (unpaired) electrons. The number of methoxy groups -OCH3 is 1. The van der Waals surface area contributed by atoms with Gasteiger partial charge in [-0.2, -0.15) is 0 Å². The molecule has 0 fully saturated rings. The fraction of sp³-hybridized carbons (Fsp3) is 0.830. The molecule has 0 aliphatic heterocycles. The average molecular weight is 1040 g/mol. The van der Waals surface area contributed by atoms with Gasteiger partial charge in [0.05, 0.1) is 19.3 Å². The normalized spacial score (nSPS) is 16.2. The molecule has 0 unspecified atom stereocenters. The smallest absolute Gasteiger partial charge is 0.328 e. The number of aliphatic hydroxyl groups excluding tert-OH is 1. The van der Waals surface area contributed by atoms with Crippen LogP contribution in [-0.2, 0) is 47.9 Å². The van der Waals surface area contributed by atoms with Crippen LogP contribution in [0.2, 0.25) is 0 Å². The Morgan fingerprint density at radius 1 is 0.507 bits per heavy atom. The summed E-state index contributed by atoms with van der Waals surface area (Å²) < 4.78 is 4.87. The lowest BCUT2D eigenvalue weighted by atomic mass is 9.90. The number of amides is 8. The van der Waals surface area contributed by atoms with Crippen LogP contribution in [0.25, 0.3) is 0 Å². The molecule has 20 nitrogen and oxygen atoms in total. The Labute approximate surface area is 438 Å². The van der Waals surface area contributed by atoms with E-state index in [9.17, 15) is 48.3 Å². The summed E-state index contributed by atoms with van der Waals surface area (Å²) in [6, 6.07) is -9.88. The maximum absolute atomic E-state index is 14.9. The standard InChI is InChI=1S/C53H99N9O11/c1-22-24-25-34(13)44(63)43(47(66)57-37(23-2)53(72)73-21)62(20)52(71)42(33(11)12)61(19)50(69)40(28-31(7)8)60(18)49(68)39(27-30(5)6)59(17)48(67)36(15)56-45(64)35(14)55-46(65)38(26-29(3)4)58(16)51(70)41(54)32(9)10/h29-44,63H,22-28,54H2,1-21H3,(H,55,65)(H,56,64)(H,57,66)/t34-,35+,36-,37+,38+,39+,40+,41+,42+,43+,44-/m1/s1. The SMILES string of the molecule is CCCC[C@@H](C)[C@@H](O)[C@@H](C(=O)N[C@@H](CC)C(=O)OC)N(C)C(=O)[C@H](C(C)C)N(C)C(=O)[C@H](CC(C)C)N(C)C(=O)[C@H](CC(C)C)N(C)C(=O)[C@@H](C)NC(=O)[C@H](C)NC(=O)[C@H](CC(C)C)N(C)C(=O)[C@@H](N)C(C)C. The zero-order chi connectivity index (χ0) is 57.1. The van der Waals surface area contributed by atoms with E-state index in [4.69, 9.17) is 10.5 Å². The van der Waals surface area contributed by atoms with Crippen LogP contribution < -0.4 is 21.7 Å². The van der Waals surface area contributed by atoms with Gasteiger partial charge in [-0.25, -0.2) is 4.79 Å². The van der Waals surface area contributed by atoms with Crippen LogP contribution in [0.4, 0.5) is 0 Å². The molecule has 0 bridgehead atoms. The van der Waals surface area contributed by atoms with Crippen LogP contribution >= 0.6 is 0 Å². The Bertz CT molecular complexity index is 1830. The summed E-state index contributed by atoms with van der Waals surface area (Å²) in [6.45, 7) is 26.9. The van der Waals surface area contributed by atoms with Crippen LogP contribution in [0.3, 0.4) is 0 Å². The Balaban J connectivity index is 6.85. The zero-order valence-electron chi connectivity index (χ0n) is 48.5. The van der Waals surface area contributed by atoms with Crippen LogP contribution in [-0.4, -0.2) is 186 Å². The highest BCUT2D eigenvalue weighted by atomic mass is 16.5. The number of nitrogens with two attached hydrogens (primary N) is 1. The van der Waals surface area contributed by atoms with Crippen molar-refractivity contribution in [2.75, 3.05) is 42.3 Å². The van der Waals surface area contributed by atoms with E-state index in [-0.39, 0.29) is 42.9 Å². The predicted octanol–water partition coefficient (Wildman–Crippen LogP) is 3.16. The van der Waals surface area contributed by atoms with Crippen molar-refractivity contribution in [2.24, 2.45) is 41.2 Å². The van der Waals surface area contributed by atoms with Crippen molar-refractivity contribution in [1.29, 1.82) is 0 Å². The van der Waals surface area contributed by atoms with Gasteiger partial charge < -0.3 is 56.0 Å². The van der Waals surface area contributed by atoms with E-state index in [1.54, 1.807) is 27.7 Å². The summed E-state index contributed by atoms with van der Waals surface area (Å²) in [5.74, 6) is -6.78. The van der Waals surface area contributed by atoms with Gasteiger partial charge in [0.1, 0.15) is 48.3 Å². The number of likely N-dealkylation sites (N-methyl/N-ethyl adjacent to an activating group) is 5. The van der Waals surface area contributed by atoms with Gasteiger partial charge in [-0.05, 0) is 81.5 Å². The third-order valence-electron chi connectivity index (χ3n) is 13.7. The molecule has 0 aliphatic rings. The number of aliphatic hydroxyl groups is 1. The third-order valence-corrected chi connectivity index (χ3v) is 13.7. The molecule has 0 saturated heterocycles. The van der Waals surface area contributed by atoms with E-state index in [0.717, 1.165) is 17.7 Å². The van der Waals surface area contributed by atoms with Crippen molar-refractivity contribution in [2.45, 2.75) is 209 Å². The Morgan fingerprint density at radius 2 is 0.932 bits per heavy atom. The van der Waals surface area contributed by atoms with Crippen molar-refractivity contribution in [3.8, 4) is 0 Å². The number of carbonyl (C=O) groups excluding carboxylic acids is 9. The second kappa shape index (κ2) is 31.8. The zero-order valence-corrected chi connectivity index (χ0v) is 48.5. The number of nitrogens with one attached hydrogen (secondary N) is 3. The maximum atomic E-state index is 14.9. The summed E-state index contributed by atoms with van der Waals surface area (Å²) in [7, 11) is 8.49. The van der Waals surface area contributed by atoms with Crippen LogP contribution in [0, 0.1) is 35.5 Å². The fourth-order valence-electron chi connectivity index (χ4n) is 8.84. The number of rotatable bonds is 31. The molecule has 8 amide bonds. The second-order valence-electron chi connectivity index (χ2n) is 22.1. The topological polar surface area (TPSA) is 261 Å². The quantitative estimate of drug-likeness (QED) is 0.0628. The minimum absolute atomic E-state index is 0.0203. The highest BCUT2D eigenvalue weighted by Crippen LogP contribution is 2.25. The van der Waals surface area contributed by atoms with E-state index in [0.29, 0.717) is 12.8 Å². The van der Waals surface area contributed by atoms with Crippen molar-refractivity contribution in [3.05, 3.63) is 0 Å². The molecule has 73 heavy (non-hydrogen) atoms. The Hall–Kier alpha value is -4.85. The van der Waals surface area contributed by atoms with Crippen LogP contribution in [0.5, 0.6) is 0 Å². The lowest BCUT2D eigenvalue weighted by molar-refractivity contribution is -0.157.